The van der Waals surface area contributed by atoms with Crippen molar-refractivity contribution in [3.05, 3.63) is 28.3 Å². The van der Waals surface area contributed by atoms with E-state index >= 15 is 0 Å². The summed E-state index contributed by atoms with van der Waals surface area (Å²) in [5.74, 6) is 0. The Morgan fingerprint density at radius 2 is 2.23 bits per heavy atom. The van der Waals surface area contributed by atoms with E-state index in [1.807, 2.05) is 18.2 Å². The highest BCUT2D eigenvalue weighted by atomic mass is 79.9. The maximum atomic E-state index is 4.17. The number of pyridine rings is 1. The standard InChI is InChI=1S/C7H4BrN3S2/c8-6-10-11-7(13-6)12-5-3-1-2-4-9-5/h1-4H. The van der Waals surface area contributed by atoms with Gasteiger partial charge in [0.1, 0.15) is 5.03 Å². The van der Waals surface area contributed by atoms with Gasteiger partial charge in [-0.05, 0) is 39.8 Å². The largest absolute Gasteiger partial charge is 0.250 e. The Kier molecular flexibility index (Phi) is 2.92. The van der Waals surface area contributed by atoms with Crippen LogP contribution in [0.25, 0.3) is 0 Å². The van der Waals surface area contributed by atoms with Crippen molar-refractivity contribution >= 4 is 39.0 Å². The lowest BCUT2D eigenvalue weighted by Crippen LogP contribution is -1.76. The summed E-state index contributed by atoms with van der Waals surface area (Å²) in [6.07, 6.45) is 1.76. The molecule has 0 saturated carbocycles. The number of hydrogen-bond acceptors (Lipinski definition) is 5. The molecular formula is C7H4BrN3S2. The summed E-state index contributed by atoms with van der Waals surface area (Å²) >= 11 is 6.27. The fourth-order valence-electron chi connectivity index (χ4n) is 0.731. The van der Waals surface area contributed by atoms with Crippen molar-refractivity contribution < 1.29 is 0 Å². The summed E-state index contributed by atoms with van der Waals surface area (Å²) in [6, 6.07) is 5.78. The second kappa shape index (κ2) is 4.17. The quantitative estimate of drug-likeness (QED) is 0.844. The number of aromatic nitrogens is 3. The van der Waals surface area contributed by atoms with Gasteiger partial charge in [0.15, 0.2) is 8.26 Å². The fourth-order valence-corrected chi connectivity index (χ4v) is 3.08. The Morgan fingerprint density at radius 3 is 2.85 bits per heavy atom. The third kappa shape index (κ3) is 2.49. The molecule has 0 atom stereocenters. The van der Waals surface area contributed by atoms with Crippen molar-refractivity contribution in [2.45, 2.75) is 9.37 Å². The van der Waals surface area contributed by atoms with Crippen molar-refractivity contribution in [1.29, 1.82) is 0 Å². The molecule has 0 saturated heterocycles. The molecule has 0 aliphatic carbocycles. The first kappa shape index (κ1) is 9.11. The lowest BCUT2D eigenvalue weighted by molar-refractivity contribution is 0.993. The van der Waals surface area contributed by atoms with Crippen LogP contribution >= 0.6 is 39.0 Å². The molecule has 0 fully saturated rings. The third-order valence-electron chi connectivity index (χ3n) is 1.21. The highest BCUT2D eigenvalue weighted by Crippen LogP contribution is 2.30. The van der Waals surface area contributed by atoms with E-state index in [1.165, 1.54) is 23.1 Å². The SMILES string of the molecule is Brc1nnc(Sc2ccccn2)s1. The zero-order chi connectivity index (χ0) is 9.10. The molecule has 0 spiro atoms. The van der Waals surface area contributed by atoms with Gasteiger partial charge in [-0.2, -0.15) is 0 Å². The summed E-state index contributed by atoms with van der Waals surface area (Å²) in [6.45, 7) is 0. The third-order valence-corrected chi connectivity index (χ3v) is 3.57. The van der Waals surface area contributed by atoms with E-state index in [-0.39, 0.29) is 0 Å². The first-order valence-electron chi connectivity index (χ1n) is 3.42. The second-order valence-electron chi connectivity index (χ2n) is 2.09. The minimum absolute atomic E-state index is 0.797. The molecule has 2 aromatic rings. The molecular weight excluding hydrogens is 270 g/mol. The van der Waals surface area contributed by atoms with E-state index in [1.54, 1.807) is 6.20 Å². The predicted molar refractivity (Wildman–Crippen MR) is 56.0 cm³/mol. The van der Waals surface area contributed by atoms with Crippen LogP contribution < -0.4 is 0 Å². The topological polar surface area (TPSA) is 38.7 Å². The van der Waals surface area contributed by atoms with Gasteiger partial charge in [0.25, 0.3) is 0 Å². The smallest absolute Gasteiger partial charge is 0.184 e. The van der Waals surface area contributed by atoms with E-state index in [2.05, 4.69) is 31.1 Å². The molecule has 0 unspecified atom stereocenters. The maximum Gasteiger partial charge on any atom is 0.184 e. The molecule has 2 aromatic heterocycles. The van der Waals surface area contributed by atoms with Crippen LogP contribution in [-0.4, -0.2) is 15.2 Å². The van der Waals surface area contributed by atoms with Crippen molar-refractivity contribution in [3.8, 4) is 0 Å². The minimum atomic E-state index is 0.797. The first-order chi connectivity index (χ1) is 6.34. The van der Waals surface area contributed by atoms with E-state index in [0.29, 0.717) is 0 Å². The first-order valence-corrected chi connectivity index (χ1v) is 5.85. The van der Waals surface area contributed by atoms with Crippen molar-refractivity contribution in [2.75, 3.05) is 0 Å². The van der Waals surface area contributed by atoms with Gasteiger partial charge in [0, 0.05) is 6.20 Å². The molecule has 3 nitrogen and oxygen atoms in total. The van der Waals surface area contributed by atoms with Gasteiger partial charge in [0.05, 0.1) is 0 Å². The van der Waals surface area contributed by atoms with Crippen LogP contribution in [0.3, 0.4) is 0 Å². The molecule has 0 aliphatic heterocycles. The van der Waals surface area contributed by atoms with Crippen molar-refractivity contribution in [1.82, 2.24) is 15.2 Å². The highest BCUT2D eigenvalue weighted by molar-refractivity contribution is 9.11. The van der Waals surface area contributed by atoms with E-state index in [4.69, 9.17) is 0 Å². The summed E-state index contributed by atoms with van der Waals surface area (Å²) < 4.78 is 1.69. The molecule has 0 amide bonds. The Labute approximate surface area is 91.7 Å². The Bertz CT molecular complexity index is 390. The number of hydrogen-bond donors (Lipinski definition) is 0. The van der Waals surface area contributed by atoms with E-state index in [9.17, 15) is 0 Å². The average Bonchev–Trinajstić information content (AvgIpc) is 2.53. The van der Waals surface area contributed by atoms with Gasteiger partial charge in [0.2, 0.25) is 0 Å². The van der Waals surface area contributed by atoms with E-state index < -0.39 is 0 Å². The number of nitrogens with zero attached hydrogens (tertiary/aromatic N) is 3. The summed E-state index contributed by atoms with van der Waals surface area (Å²) in [7, 11) is 0. The molecule has 66 valence electrons. The molecule has 0 N–H and O–H groups in total. The minimum Gasteiger partial charge on any atom is -0.250 e. The molecule has 2 heterocycles. The Hall–Kier alpha value is -0.460. The zero-order valence-electron chi connectivity index (χ0n) is 6.35. The summed E-state index contributed by atoms with van der Waals surface area (Å²) in [4.78, 5) is 4.17. The molecule has 0 radical (unpaired) electrons. The number of halogens is 1. The Balaban J connectivity index is 2.15. The summed E-state index contributed by atoms with van der Waals surface area (Å²) in [5.41, 5.74) is 0. The maximum absolute atomic E-state index is 4.17. The molecule has 0 bridgehead atoms. The van der Waals surface area contributed by atoms with Crippen LogP contribution in [0.5, 0.6) is 0 Å². The van der Waals surface area contributed by atoms with Crippen LogP contribution in [0.4, 0.5) is 0 Å². The molecule has 13 heavy (non-hydrogen) atoms. The van der Waals surface area contributed by atoms with Crippen molar-refractivity contribution in [2.24, 2.45) is 0 Å². The highest BCUT2D eigenvalue weighted by Gasteiger charge is 2.03. The molecule has 0 aliphatic rings. The fraction of sp³-hybridized carbons (Fsp3) is 0. The van der Waals surface area contributed by atoms with Gasteiger partial charge in [-0.15, -0.1) is 10.2 Å². The monoisotopic (exact) mass is 273 g/mol. The van der Waals surface area contributed by atoms with Gasteiger partial charge >= 0.3 is 0 Å². The number of rotatable bonds is 2. The van der Waals surface area contributed by atoms with Crippen LogP contribution in [0.2, 0.25) is 0 Å². The summed E-state index contributed by atoms with van der Waals surface area (Å²) in [5, 5.41) is 8.74. The second-order valence-corrected chi connectivity index (χ2v) is 5.61. The van der Waals surface area contributed by atoms with Crippen LogP contribution in [0.1, 0.15) is 0 Å². The van der Waals surface area contributed by atoms with Gasteiger partial charge in [-0.3, -0.25) is 0 Å². The van der Waals surface area contributed by atoms with E-state index in [0.717, 1.165) is 13.3 Å². The normalized spacial score (nSPS) is 10.2. The van der Waals surface area contributed by atoms with Crippen LogP contribution in [-0.2, 0) is 0 Å². The average molecular weight is 274 g/mol. The molecule has 0 aromatic carbocycles. The molecule has 6 heteroatoms. The lowest BCUT2D eigenvalue weighted by atomic mass is 10.5. The van der Waals surface area contributed by atoms with Crippen molar-refractivity contribution in [3.63, 3.8) is 0 Å². The lowest BCUT2D eigenvalue weighted by Gasteiger charge is -1.92. The van der Waals surface area contributed by atoms with Gasteiger partial charge in [-0.25, -0.2) is 4.98 Å². The van der Waals surface area contributed by atoms with Gasteiger partial charge in [-0.1, -0.05) is 17.4 Å². The predicted octanol–water partition coefficient (Wildman–Crippen LogP) is 2.85. The van der Waals surface area contributed by atoms with Crippen LogP contribution in [0, 0.1) is 0 Å². The zero-order valence-corrected chi connectivity index (χ0v) is 9.56. The van der Waals surface area contributed by atoms with Crippen LogP contribution in [0.15, 0.2) is 37.7 Å². The molecule has 2 rings (SSSR count). The Morgan fingerprint density at radius 1 is 1.31 bits per heavy atom. The van der Waals surface area contributed by atoms with Gasteiger partial charge < -0.3 is 0 Å².